The maximum atomic E-state index is 10.1. The summed E-state index contributed by atoms with van der Waals surface area (Å²) in [4.78, 5) is 20.2. The molecule has 0 unspecified atom stereocenters. The Morgan fingerprint density at radius 1 is 1.00 bits per heavy atom. The third kappa shape index (κ3) is 23.0. The van der Waals surface area contributed by atoms with Crippen molar-refractivity contribution >= 4 is 11.6 Å². The van der Waals surface area contributed by atoms with Crippen molar-refractivity contribution in [2.24, 2.45) is 0 Å². The van der Waals surface area contributed by atoms with Gasteiger partial charge in [-0.15, -0.1) is 0 Å². The van der Waals surface area contributed by atoms with Gasteiger partial charge in [-0.05, 0) is 26.0 Å². The minimum absolute atomic E-state index is 0.0970. The van der Waals surface area contributed by atoms with Crippen LogP contribution in [0.3, 0.4) is 0 Å². The summed E-state index contributed by atoms with van der Waals surface area (Å²) < 4.78 is 0. The second-order valence-electron chi connectivity index (χ2n) is 2.00. The summed E-state index contributed by atoms with van der Waals surface area (Å²) >= 11 is 0. The monoisotopic (exact) mass is 174 g/mol. The zero-order chi connectivity index (χ0) is 9.98. The first kappa shape index (κ1) is 13.6. The minimum atomic E-state index is -0.125. The predicted molar refractivity (Wildman–Crippen MR) is 44.7 cm³/mol. The number of carbonyl (C=O) groups is 2. The first-order valence-electron chi connectivity index (χ1n) is 3.45. The van der Waals surface area contributed by atoms with Gasteiger partial charge in [-0.3, -0.25) is 9.59 Å². The molecule has 0 amide bonds. The van der Waals surface area contributed by atoms with E-state index in [2.05, 4.69) is 0 Å². The van der Waals surface area contributed by atoms with Crippen LogP contribution >= 0.6 is 0 Å². The van der Waals surface area contributed by atoms with Crippen LogP contribution in [0.25, 0.3) is 0 Å². The zero-order valence-electron chi connectivity index (χ0n) is 7.28. The second-order valence-corrected chi connectivity index (χ2v) is 2.00. The molecule has 0 aromatic carbocycles. The molecule has 70 valence electrons. The van der Waals surface area contributed by atoms with E-state index >= 15 is 0 Å². The number of allylic oxidation sites excluding steroid dienone is 2. The van der Waals surface area contributed by atoms with Crippen molar-refractivity contribution in [3.8, 4) is 0 Å². The number of hydrogen-bond donors (Lipinski definition) is 2. The largest absolute Gasteiger partial charge is 0.394 e. The summed E-state index contributed by atoms with van der Waals surface area (Å²) in [7, 11) is 0. The van der Waals surface area contributed by atoms with E-state index < -0.39 is 0 Å². The normalized spacial score (nSPS) is 9.00. The van der Waals surface area contributed by atoms with Gasteiger partial charge in [0.1, 0.15) is 0 Å². The lowest BCUT2D eigenvalue weighted by Crippen LogP contribution is -1.85. The summed E-state index contributed by atoms with van der Waals surface area (Å²) in [6.45, 7) is 2.55. The van der Waals surface area contributed by atoms with E-state index in [4.69, 9.17) is 10.2 Å². The summed E-state index contributed by atoms with van der Waals surface area (Å²) in [6.07, 6.45) is 2.50. The highest BCUT2D eigenvalue weighted by atomic mass is 16.3. The van der Waals surface area contributed by atoms with E-state index in [0.29, 0.717) is 0 Å². The van der Waals surface area contributed by atoms with E-state index in [-0.39, 0.29) is 24.8 Å². The van der Waals surface area contributed by atoms with Crippen LogP contribution in [0.15, 0.2) is 12.2 Å². The molecule has 0 saturated carbocycles. The molecule has 0 aliphatic heterocycles. The Labute approximate surface area is 71.5 Å². The highest BCUT2D eigenvalue weighted by Crippen LogP contribution is 1.75. The quantitative estimate of drug-likeness (QED) is 0.575. The van der Waals surface area contributed by atoms with Gasteiger partial charge in [0.05, 0.1) is 13.2 Å². The van der Waals surface area contributed by atoms with Crippen LogP contribution in [0.5, 0.6) is 0 Å². The molecule has 2 N–H and O–H groups in total. The molecule has 0 aromatic heterocycles. The van der Waals surface area contributed by atoms with Crippen LogP contribution in [0.4, 0.5) is 0 Å². The summed E-state index contributed by atoms with van der Waals surface area (Å²) in [5.41, 5.74) is 0. The first-order chi connectivity index (χ1) is 5.54. The molecule has 0 spiro atoms. The lowest BCUT2D eigenvalue weighted by atomic mass is 10.3. The second kappa shape index (κ2) is 10.0. The van der Waals surface area contributed by atoms with Gasteiger partial charge in [0.15, 0.2) is 11.6 Å². The molecule has 4 nitrogen and oxygen atoms in total. The van der Waals surface area contributed by atoms with Crippen molar-refractivity contribution in [3.05, 3.63) is 12.2 Å². The smallest absolute Gasteiger partial charge is 0.152 e. The molecule has 0 rings (SSSR count). The first-order valence-corrected chi connectivity index (χ1v) is 3.45. The van der Waals surface area contributed by atoms with Gasteiger partial charge in [-0.2, -0.15) is 0 Å². The molecule has 0 radical (unpaired) electrons. The van der Waals surface area contributed by atoms with E-state index in [1.807, 2.05) is 0 Å². The zero-order valence-corrected chi connectivity index (χ0v) is 7.28. The molecule has 0 atom stereocenters. The highest BCUT2D eigenvalue weighted by molar-refractivity contribution is 5.96. The molecule has 0 aromatic rings. The molecule has 0 fully saturated rings. The SMILES string of the molecule is CC(=O)/C=C/C(C)=O.OCCO. The van der Waals surface area contributed by atoms with E-state index in [1.54, 1.807) is 0 Å². The molecular formula is C8H14O4. The molecule has 0 aliphatic carbocycles. The Balaban J connectivity index is 0. The molecule has 0 aliphatic rings. The average Bonchev–Trinajstić information content (AvgIpc) is 2.01. The van der Waals surface area contributed by atoms with Crippen molar-refractivity contribution in [1.29, 1.82) is 0 Å². The molecule has 12 heavy (non-hydrogen) atoms. The standard InChI is InChI=1S/C6H8O2.C2H6O2/c1-5(7)3-4-6(2)8;3-1-2-4/h3-4H,1-2H3;3-4H,1-2H2/b4-3+;. The average molecular weight is 174 g/mol. The third-order valence-electron chi connectivity index (χ3n) is 0.653. The molecule has 4 heteroatoms. The lowest BCUT2D eigenvalue weighted by Gasteiger charge is -1.74. The van der Waals surface area contributed by atoms with E-state index in [0.717, 1.165) is 0 Å². The minimum Gasteiger partial charge on any atom is -0.394 e. The van der Waals surface area contributed by atoms with Crippen LogP contribution in [0.2, 0.25) is 0 Å². The summed E-state index contributed by atoms with van der Waals surface area (Å²) in [6, 6.07) is 0. The van der Waals surface area contributed by atoms with Crippen molar-refractivity contribution in [2.75, 3.05) is 13.2 Å². The number of ketones is 2. The maximum Gasteiger partial charge on any atom is 0.152 e. The van der Waals surface area contributed by atoms with Gasteiger partial charge >= 0.3 is 0 Å². The molecule has 0 heterocycles. The van der Waals surface area contributed by atoms with Crippen LogP contribution in [-0.4, -0.2) is 35.0 Å². The van der Waals surface area contributed by atoms with E-state index in [1.165, 1.54) is 26.0 Å². The highest BCUT2D eigenvalue weighted by Gasteiger charge is 1.83. The van der Waals surface area contributed by atoms with Crippen LogP contribution in [0.1, 0.15) is 13.8 Å². The fraction of sp³-hybridized carbons (Fsp3) is 0.500. The van der Waals surface area contributed by atoms with Crippen LogP contribution < -0.4 is 0 Å². The van der Waals surface area contributed by atoms with Gasteiger partial charge in [0.25, 0.3) is 0 Å². The summed E-state index contributed by atoms with van der Waals surface area (Å²) in [5, 5.41) is 15.2. The number of aliphatic hydroxyl groups excluding tert-OH is 2. The number of carbonyl (C=O) groups excluding carboxylic acids is 2. The Kier molecular flexibility index (Phi) is 11.3. The van der Waals surface area contributed by atoms with Gasteiger partial charge in [0, 0.05) is 0 Å². The van der Waals surface area contributed by atoms with Crippen LogP contribution in [0, 0.1) is 0 Å². The lowest BCUT2D eigenvalue weighted by molar-refractivity contribution is -0.114. The maximum absolute atomic E-state index is 10.1. The fourth-order valence-corrected chi connectivity index (χ4v) is 0.235. The Hall–Kier alpha value is -1.00. The molecular weight excluding hydrogens is 160 g/mol. The number of rotatable bonds is 3. The van der Waals surface area contributed by atoms with Crippen molar-refractivity contribution in [1.82, 2.24) is 0 Å². The van der Waals surface area contributed by atoms with Crippen molar-refractivity contribution < 1.29 is 19.8 Å². The molecule has 0 bridgehead atoms. The Bertz CT molecular complexity index is 142. The predicted octanol–water partition coefficient (Wildman–Crippen LogP) is -0.308. The fourth-order valence-electron chi connectivity index (χ4n) is 0.235. The summed E-state index contributed by atoms with van der Waals surface area (Å²) in [5.74, 6) is -0.194. The van der Waals surface area contributed by atoms with Crippen molar-refractivity contribution in [3.63, 3.8) is 0 Å². The van der Waals surface area contributed by atoms with Crippen molar-refractivity contribution in [2.45, 2.75) is 13.8 Å². The molecule has 0 saturated heterocycles. The van der Waals surface area contributed by atoms with E-state index in [9.17, 15) is 9.59 Å². The number of hydrogen-bond acceptors (Lipinski definition) is 4. The third-order valence-corrected chi connectivity index (χ3v) is 0.653. The van der Waals surface area contributed by atoms with Gasteiger partial charge in [0.2, 0.25) is 0 Å². The Morgan fingerprint density at radius 2 is 1.25 bits per heavy atom. The Morgan fingerprint density at radius 3 is 1.33 bits per heavy atom. The van der Waals surface area contributed by atoms with Gasteiger partial charge in [-0.1, -0.05) is 0 Å². The number of aliphatic hydroxyl groups is 2. The van der Waals surface area contributed by atoms with Gasteiger partial charge < -0.3 is 10.2 Å². The van der Waals surface area contributed by atoms with Gasteiger partial charge in [-0.25, -0.2) is 0 Å². The van der Waals surface area contributed by atoms with Crippen LogP contribution in [-0.2, 0) is 9.59 Å². The topological polar surface area (TPSA) is 74.6 Å².